The molecule has 0 unspecified atom stereocenters. The third-order valence-electron chi connectivity index (χ3n) is 2.29. The van der Waals surface area contributed by atoms with Crippen LogP contribution in [0.2, 0.25) is 0 Å². The van der Waals surface area contributed by atoms with Crippen LogP contribution in [0.15, 0.2) is 10.3 Å². The van der Waals surface area contributed by atoms with Crippen molar-refractivity contribution < 1.29 is 14.6 Å². The highest BCUT2D eigenvalue weighted by Gasteiger charge is 1.98. The largest absolute Gasteiger partial charge is 0.462 e. The second kappa shape index (κ2) is 12.3. The molecule has 0 bridgehead atoms. The van der Waals surface area contributed by atoms with Crippen molar-refractivity contribution in [1.29, 1.82) is 0 Å². The van der Waals surface area contributed by atoms with Crippen LogP contribution in [0.4, 0.5) is 0 Å². The average Bonchev–Trinajstić information content (AvgIpc) is 2.26. The number of aliphatic hydroxyl groups is 1. The fourth-order valence-corrected chi connectivity index (χ4v) is 1.63. The minimum Gasteiger partial charge on any atom is -0.462 e. The minimum absolute atomic E-state index is 0.293. The molecule has 100 valence electrons. The molecule has 0 aromatic rings. The number of hydrogen-bond donors (Lipinski definition) is 3. The quantitative estimate of drug-likeness (QED) is 0.249. The highest BCUT2D eigenvalue weighted by molar-refractivity contribution is 8.05. The highest BCUT2D eigenvalue weighted by atomic mass is 32.2. The van der Waals surface area contributed by atoms with Gasteiger partial charge in [0.2, 0.25) is 0 Å². The molecule has 0 aliphatic heterocycles. The van der Waals surface area contributed by atoms with Crippen LogP contribution in [-0.4, -0.2) is 24.3 Å². The molecule has 1 N–H and O–H groups in total. The number of carbonyl (C=O) groups excluding carboxylic acids is 1. The molecule has 0 radical (unpaired) electrons. The third kappa shape index (κ3) is 13.8. The van der Waals surface area contributed by atoms with Gasteiger partial charge in [-0.25, -0.2) is 4.79 Å². The molecular formula is C12H22O3S2. The van der Waals surface area contributed by atoms with E-state index in [1.807, 2.05) is 0 Å². The zero-order valence-corrected chi connectivity index (χ0v) is 11.9. The number of rotatable bonds is 10. The summed E-state index contributed by atoms with van der Waals surface area (Å²) in [5.41, 5.74) is 0. The maximum absolute atomic E-state index is 11.0. The minimum atomic E-state index is -0.382. The summed E-state index contributed by atoms with van der Waals surface area (Å²) < 4.78 is 5.31. The lowest BCUT2D eigenvalue weighted by molar-refractivity contribution is -0.137. The van der Waals surface area contributed by atoms with Crippen molar-refractivity contribution in [3.8, 4) is 0 Å². The van der Waals surface area contributed by atoms with E-state index in [4.69, 9.17) is 9.84 Å². The lowest BCUT2D eigenvalue weighted by atomic mass is 10.1. The molecule has 17 heavy (non-hydrogen) atoms. The van der Waals surface area contributed by atoms with Crippen LogP contribution in [0.25, 0.3) is 0 Å². The molecule has 0 rings (SSSR count). The number of unbranched alkanes of at least 4 members (excludes halogenated alkanes) is 6. The molecule has 0 aliphatic carbocycles. The molecule has 0 fully saturated rings. The molecule has 3 nitrogen and oxygen atoms in total. The predicted octanol–water partition coefficient (Wildman–Crippen LogP) is 2.95. The first-order chi connectivity index (χ1) is 8.16. The van der Waals surface area contributed by atoms with E-state index in [1.54, 1.807) is 0 Å². The Hall–Kier alpha value is -0.130. The van der Waals surface area contributed by atoms with Gasteiger partial charge in [0.1, 0.15) is 0 Å². The number of esters is 1. The van der Waals surface area contributed by atoms with Gasteiger partial charge in [-0.2, -0.15) is 0 Å². The summed E-state index contributed by atoms with van der Waals surface area (Å²) >= 11 is 7.73. The number of aliphatic hydroxyl groups excluding tert-OH is 1. The van der Waals surface area contributed by atoms with Gasteiger partial charge in [0.05, 0.1) is 6.61 Å². The molecule has 5 heteroatoms. The fourth-order valence-electron chi connectivity index (χ4n) is 1.42. The standard InChI is InChI=1S/C12H22O3S2/c13-8-6-4-2-1-3-5-7-9-15-11(14)10-12(16)17/h10,13,16-17H,1-9H2. The lowest BCUT2D eigenvalue weighted by Crippen LogP contribution is -2.02. The van der Waals surface area contributed by atoms with Gasteiger partial charge >= 0.3 is 5.97 Å². The molecule has 0 saturated carbocycles. The van der Waals surface area contributed by atoms with Gasteiger partial charge in [-0.05, 0) is 12.8 Å². The second-order valence-electron chi connectivity index (χ2n) is 3.87. The first-order valence-corrected chi connectivity index (χ1v) is 6.93. The number of carbonyl (C=O) groups is 1. The Labute approximate surface area is 114 Å². The molecular weight excluding hydrogens is 256 g/mol. The smallest absolute Gasteiger partial charge is 0.332 e. The van der Waals surface area contributed by atoms with Crippen LogP contribution in [0.3, 0.4) is 0 Å². The van der Waals surface area contributed by atoms with Gasteiger partial charge in [-0.15, -0.1) is 25.3 Å². The highest BCUT2D eigenvalue weighted by Crippen LogP contribution is 2.08. The normalized spacial score (nSPS) is 10.1. The molecule has 0 heterocycles. The van der Waals surface area contributed by atoms with Crippen molar-refractivity contribution in [1.82, 2.24) is 0 Å². The van der Waals surface area contributed by atoms with Gasteiger partial charge in [0.15, 0.2) is 0 Å². The average molecular weight is 278 g/mol. The van der Waals surface area contributed by atoms with Gasteiger partial charge in [-0.3, -0.25) is 0 Å². The van der Waals surface area contributed by atoms with E-state index in [2.05, 4.69) is 25.3 Å². The Kier molecular flexibility index (Phi) is 12.2. The summed E-state index contributed by atoms with van der Waals surface area (Å²) in [7, 11) is 0. The maximum Gasteiger partial charge on any atom is 0.332 e. The predicted molar refractivity (Wildman–Crippen MR) is 76.4 cm³/mol. The Morgan fingerprint density at radius 3 is 2.06 bits per heavy atom. The molecule has 0 atom stereocenters. The Morgan fingerprint density at radius 2 is 1.53 bits per heavy atom. The Balaban J connectivity index is 3.18. The molecule has 0 aliphatic rings. The van der Waals surface area contributed by atoms with E-state index < -0.39 is 0 Å². The van der Waals surface area contributed by atoms with E-state index in [0.717, 1.165) is 32.1 Å². The third-order valence-corrected chi connectivity index (χ3v) is 2.55. The summed E-state index contributed by atoms with van der Waals surface area (Å²) in [6, 6.07) is 0. The van der Waals surface area contributed by atoms with Crippen molar-refractivity contribution >= 4 is 31.2 Å². The molecule has 0 spiro atoms. The van der Waals surface area contributed by atoms with Gasteiger partial charge < -0.3 is 9.84 Å². The van der Waals surface area contributed by atoms with E-state index >= 15 is 0 Å². The van der Waals surface area contributed by atoms with Crippen molar-refractivity contribution in [2.75, 3.05) is 13.2 Å². The van der Waals surface area contributed by atoms with E-state index in [9.17, 15) is 4.79 Å². The van der Waals surface area contributed by atoms with Crippen molar-refractivity contribution in [2.24, 2.45) is 0 Å². The van der Waals surface area contributed by atoms with E-state index in [1.165, 1.54) is 18.9 Å². The van der Waals surface area contributed by atoms with Crippen LogP contribution >= 0.6 is 25.3 Å². The number of thiol groups is 2. The van der Waals surface area contributed by atoms with E-state index in [0.29, 0.717) is 17.5 Å². The zero-order valence-electron chi connectivity index (χ0n) is 10.1. The number of ether oxygens (including phenoxy) is 1. The topological polar surface area (TPSA) is 46.5 Å². The summed E-state index contributed by atoms with van der Waals surface area (Å²) in [4.78, 5) is 11.0. The van der Waals surface area contributed by atoms with Crippen molar-refractivity contribution in [3.63, 3.8) is 0 Å². The Bertz CT molecular complexity index is 226. The lowest BCUT2D eigenvalue weighted by Gasteiger charge is -2.02. The molecule has 0 aromatic heterocycles. The van der Waals surface area contributed by atoms with Crippen LogP contribution in [0.1, 0.15) is 44.9 Å². The zero-order chi connectivity index (χ0) is 12.9. The first-order valence-electron chi connectivity index (χ1n) is 6.04. The molecule has 0 saturated heterocycles. The fraction of sp³-hybridized carbons (Fsp3) is 0.750. The van der Waals surface area contributed by atoms with Crippen molar-refractivity contribution in [3.05, 3.63) is 10.3 Å². The molecule has 0 aromatic carbocycles. The second-order valence-corrected chi connectivity index (χ2v) is 5.18. The van der Waals surface area contributed by atoms with Gasteiger partial charge in [0, 0.05) is 16.9 Å². The summed E-state index contributed by atoms with van der Waals surface area (Å²) in [5, 5.41) is 8.59. The summed E-state index contributed by atoms with van der Waals surface area (Å²) in [5.74, 6) is -0.382. The van der Waals surface area contributed by atoms with Gasteiger partial charge in [0.25, 0.3) is 0 Å². The SMILES string of the molecule is O=C(C=C(S)S)OCCCCCCCCCO. The number of hydrogen-bond acceptors (Lipinski definition) is 5. The first kappa shape index (κ1) is 16.9. The molecule has 0 amide bonds. The Morgan fingerprint density at radius 1 is 1.00 bits per heavy atom. The van der Waals surface area contributed by atoms with Crippen LogP contribution in [-0.2, 0) is 9.53 Å². The van der Waals surface area contributed by atoms with Crippen molar-refractivity contribution in [2.45, 2.75) is 44.9 Å². The van der Waals surface area contributed by atoms with Crippen LogP contribution in [0.5, 0.6) is 0 Å². The van der Waals surface area contributed by atoms with Gasteiger partial charge in [-0.1, -0.05) is 32.1 Å². The summed E-state index contributed by atoms with van der Waals surface area (Å²) in [6.07, 6.45) is 8.74. The maximum atomic E-state index is 11.0. The van der Waals surface area contributed by atoms with Crippen LogP contribution in [0, 0.1) is 0 Å². The monoisotopic (exact) mass is 278 g/mol. The van der Waals surface area contributed by atoms with Crippen LogP contribution < -0.4 is 0 Å². The summed E-state index contributed by atoms with van der Waals surface area (Å²) in [6.45, 7) is 0.753. The van der Waals surface area contributed by atoms with E-state index in [-0.39, 0.29) is 5.97 Å².